The van der Waals surface area contributed by atoms with Crippen LogP contribution in [0.15, 0.2) is 18.2 Å². The van der Waals surface area contributed by atoms with Gasteiger partial charge in [0.15, 0.2) is 5.75 Å². The molecule has 0 heterocycles. The van der Waals surface area contributed by atoms with Crippen LogP contribution in [-0.2, 0) is 4.79 Å². The van der Waals surface area contributed by atoms with E-state index in [0.29, 0.717) is 0 Å². The van der Waals surface area contributed by atoms with Crippen LogP contribution < -0.4 is 4.74 Å². The Morgan fingerprint density at radius 2 is 2.24 bits per heavy atom. The summed E-state index contributed by atoms with van der Waals surface area (Å²) in [4.78, 5) is 20.3. The molecule has 17 heavy (non-hydrogen) atoms. The molecule has 0 saturated heterocycles. The maximum atomic E-state index is 10.7. The molecule has 0 saturated carbocycles. The van der Waals surface area contributed by atoms with Gasteiger partial charge in [-0.05, 0) is 18.6 Å². The highest BCUT2D eigenvalue weighted by Gasteiger charge is 2.15. The van der Waals surface area contributed by atoms with Gasteiger partial charge in [-0.25, -0.2) is 0 Å². The topological polar surface area (TPSA) is 89.7 Å². The first-order valence-corrected chi connectivity index (χ1v) is 5.17. The molecule has 0 unspecified atom stereocenters. The maximum absolute atomic E-state index is 10.7. The number of carbonyl (C=O) groups is 1. The van der Waals surface area contributed by atoms with Crippen LogP contribution >= 0.6 is 11.6 Å². The Hall–Kier alpha value is -1.82. The van der Waals surface area contributed by atoms with Gasteiger partial charge >= 0.3 is 11.7 Å². The van der Waals surface area contributed by atoms with Gasteiger partial charge in [-0.1, -0.05) is 11.6 Å². The van der Waals surface area contributed by atoms with E-state index in [1.807, 2.05) is 0 Å². The van der Waals surface area contributed by atoms with Crippen LogP contribution in [0.2, 0.25) is 5.02 Å². The summed E-state index contributed by atoms with van der Waals surface area (Å²) in [6.45, 7) is 0.106. The summed E-state index contributed by atoms with van der Waals surface area (Å²) in [6.07, 6.45) is 0.247. The van der Waals surface area contributed by atoms with Crippen LogP contribution in [-0.4, -0.2) is 22.6 Å². The summed E-state index contributed by atoms with van der Waals surface area (Å²) >= 11 is 5.63. The molecule has 1 aromatic rings. The van der Waals surface area contributed by atoms with Gasteiger partial charge < -0.3 is 9.84 Å². The van der Waals surface area contributed by atoms with Gasteiger partial charge in [-0.15, -0.1) is 0 Å². The number of rotatable bonds is 6. The molecule has 6 nitrogen and oxygen atoms in total. The first-order valence-electron chi connectivity index (χ1n) is 4.79. The average molecular weight is 260 g/mol. The number of halogens is 1. The lowest BCUT2D eigenvalue weighted by atomic mass is 10.3. The molecule has 0 aromatic heterocycles. The molecule has 1 rings (SSSR count). The molecule has 0 amide bonds. The third-order valence-corrected chi connectivity index (χ3v) is 2.15. The average Bonchev–Trinajstić information content (AvgIpc) is 2.25. The Labute approximate surface area is 102 Å². The van der Waals surface area contributed by atoms with E-state index in [9.17, 15) is 14.9 Å². The van der Waals surface area contributed by atoms with Crippen LogP contribution in [0.3, 0.4) is 0 Å². The van der Waals surface area contributed by atoms with E-state index in [4.69, 9.17) is 21.4 Å². The Balaban J connectivity index is 2.64. The third kappa shape index (κ3) is 4.28. The summed E-state index contributed by atoms with van der Waals surface area (Å²) in [6, 6.07) is 4.05. The molecule has 0 aliphatic heterocycles. The minimum absolute atomic E-state index is 0.0403. The highest BCUT2D eigenvalue weighted by atomic mass is 35.5. The zero-order valence-corrected chi connectivity index (χ0v) is 9.51. The van der Waals surface area contributed by atoms with E-state index >= 15 is 0 Å². The number of nitro benzene ring substituents is 1. The SMILES string of the molecule is O=C(O)CCCOc1ccc(Cl)cc1[N+](=O)[O-]. The van der Waals surface area contributed by atoms with E-state index in [1.165, 1.54) is 18.2 Å². The monoisotopic (exact) mass is 259 g/mol. The Kier molecular flexibility index (Phi) is 4.71. The number of nitrogens with zero attached hydrogens (tertiary/aromatic N) is 1. The van der Waals surface area contributed by atoms with Crippen molar-refractivity contribution in [2.24, 2.45) is 0 Å². The maximum Gasteiger partial charge on any atom is 0.312 e. The number of aliphatic carboxylic acids is 1. The molecule has 92 valence electrons. The van der Waals surface area contributed by atoms with Crippen molar-refractivity contribution in [2.45, 2.75) is 12.8 Å². The quantitative estimate of drug-likeness (QED) is 0.481. The number of carboxylic acids is 1. The molecule has 7 heteroatoms. The van der Waals surface area contributed by atoms with E-state index < -0.39 is 10.9 Å². The van der Waals surface area contributed by atoms with Crippen molar-refractivity contribution < 1.29 is 19.6 Å². The summed E-state index contributed by atoms with van der Waals surface area (Å²) in [7, 11) is 0. The van der Waals surface area contributed by atoms with E-state index in [1.54, 1.807) is 0 Å². The van der Waals surface area contributed by atoms with E-state index in [2.05, 4.69) is 0 Å². The number of hydrogen-bond donors (Lipinski definition) is 1. The van der Waals surface area contributed by atoms with Crippen LogP contribution in [0.1, 0.15) is 12.8 Å². The Morgan fingerprint density at radius 3 is 2.82 bits per heavy atom. The number of nitro groups is 1. The van der Waals surface area contributed by atoms with Gasteiger partial charge in [0.1, 0.15) is 0 Å². The molecule has 0 spiro atoms. The van der Waals surface area contributed by atoms with Crippen LogP contribution in [0.5, 0.6) is 5.75 Å². The lowest BCUT2D eigenvalue weighted by Crippen LogP contribution is -2.03. The van der Waals surface area contributed by atoms with Crippen molar-refractivity contribution in [1.82, 2.24) is 0 Å². The van der Waals surface area contributed by atoms with Crippen molar-refractivity contribution in [1.29, 1.82) is 0 Å². The highest BCUT2D eigenvalue weighted by molar-refractivity contribution is 6.30. The van der Waals surface area contributed by atoms with Crippen LogP contribution in [0.25, 0.3) is 0 Å². The molecule has 0 aliphatic carbocycles. The fourth-order valence-corrected chi connectivity index (χ4v) is 1.33. The number of benzene rings is 1. The van der Waals surface area contributed by atoms with Gasteiger partial charge in [0.25, 0.3) is 0 Å². The molecule has 0 fully saturated rings. The van der Waals surface area contributed by atoms with Gasteiger partial charge in [0.05, 0.1) is 11.5 Å². The summed E-state index contributed by atoms with van der Waals surface area (Å²) in [5, 5.41) is 19.3. The van der Waals surface area contributed by atoms with Crippen molar-refractivity contribution in [3.8, 4) is 5.75 Å². The molecular formula is C10H10ClNO5. The standard InChI is InChI=1S/C10H10ClNO5/c11-7-3-4-9(8(6-7)12(15)16)17-5-1-2-10(13)14/h3-4,6H,1-2,5H2,(H,13,14). The molecule has 0 bridgehead atoms. The smallest absolute Gasteiger partial charge is 0.312 e. The van der Waals surface area contributed by atoms with Gasteiger partial charge in [0.2, 0.25) is 0 Å². The fraction of sp³-hybridized carbons (Fsp3) is 0.300. The van der Waals surface area contributed by atoms with Crippen molar-refractivity contribution >= 4 is 23.3 Å². The summed E-state index contributed by atoms with van der Waals surface area (Å²) < 4.78 is 5.14. The first-order chi connectivity index (χ1) is 8.00. The van der Waals surface area contributed by atoms with E-state index in [0.717, 1.165) is 0 Å². The molecule has 1 N–H and O–H groups in total. The Bertz CT molecular complexity index is 435. The van der Waals surface area contributed by atoms with Crippen molar-refractivity contribution in [3.63, 3.8) is 0 Å². The minimum atomic E-state index is -0.931. The third-order valence-electron chi connectivity index (χ3n) is 1.91. The second-order valence-electron chi connectivity index (χ2n) is 3.21. The van der Waals surface area contributed by atoms with Crippen LogP contribution in [0, 0.1) is 10.1 Å². The second-order valence-corrected chi connectivity index (χ2v) is 3.65. The van der Waals surface area contributed by atoms with Gasteiger partial charge in [0, 0.05) is 17.5 Å². The lowest BCUT2D eigenvalue weighted by Gasteiger charge is -2.05. The number of carboxylic acid groups (broad SMARTS) is 1. The largest absolute Gasteiger partial charge is 0.487 e. The molecule has 1 aromatic carbocycles. The molecule has 0 radical (unpaired) electrons. The molecule has 0 atom stereocenters. The fourth-order valence-electron chi connectivity index (χ4n) is 1.16. The first kappa shape index (κ1) is 13.2. The summed E-state index contributed by atoms with van der Waals surface area (Å²) in [5.74, 6) is -0.844. The minimum Gasteiger partial charge on any atom is -0.487 e. The van der Waals surface area contributed by atoms with Crippen molar-refractivity contribution in [3.05, 3.63) is 33.3 Å². The number of ether oxygens (including phenoxy) is 1. The molecular weight excluding hydrogens is 250 g/mol. The predicted octanol–water partition coefficient (Wildman–Crippen LogP) is 2.49. The second kappa shape index (κ2) is 6.05. The number of hydrogen-bond acceptors (Lipinski definition) is 4. The van der Waals surface area contributed by atoms with Gasteiger partial charge in [-0.2, -0.15) is 0 Å². The van der Waals surface area contributed by atoms with E-state index in [-0.39, 0.29) is 35.9 Å². The highest BCUT2D eigenvalue weighted by Crippen LogP contribution is 2.29. The lowest BCUT2D eigenvalue weighted by molar-refractivity contribution is -0.385. The normalized spacial score (nSPS) is 9.94. The molecule has 0 aliphatic rings. The van der Waals surface area contributed by atoms with Crippen LogP contribution in [0.4, 0.5) is 5.69 Å². The Morgan fingerprint density at radius 1 is 1.53 bits per heavy atom. The summed E-state index contributed by atoms with van der Waals surface area (Å²) in [5.41, 5.74) is -0.229. The van der Waals surface area contributed by atoms with Crippen molar-refractivity contribution in [2.75, 3.05) is 6.61 Å². The van der Waals surface area contributed by atoms with Gasteiger partial charge in [-0.3, -0.25) is 14.9 Å². The zero-order chi connectivity index (χ0) is 12.8. The predicted molar refractivity (Wildman–Crippen MR) is 60.5 cm³/mol. The zero-order valence-electron chi connectivity index (χ0n) is 8.76.